The lowest BCUT2D eigenvalue weighted by Crippen LogP contribution is -2.16. The first kappa shape index (κ1) is 18.5. The summed E-state index contributed by atoms with van der Waals surface area (Å²) in [4.78, 5) is 20.9. The molecular formula is C17H20Cl2N4O. The Morgan fingerprint density at radius 3 is 2.67 bits per heavy atom. The molecule has 5 nitrogen and oxygen atoms in total. The Hall–Kier alpha value is -1.85. The molecule has 2 N–H and O–H groups in total. The van der Waals surface area contributed by atoms with E-state index in [9.17, 15) is 4.79 Å². The van der Waals surface area contributed by atoms with Gasteiger partial charge in [0, 0.05) is 17.6 Å². The van der Waals surface area contributed by atoms with Crippen LogP contribution in [0.2, 0.25) is 10.0 Å². The van der Waals surface area contributed by atoms with E-state index >= 15 is 0 Å². The van der Waals surface area contributed by atoms with Crippen molar-refractivity contribution >= 4 is 40.6 Å². The molecule has 1 heterocycles. The van der Waals surface area contributed by atoms with Gasteiger partial charge in [0.25, 0.3) is 5.91 Å². The van der Waals surface area contributed by atoms with Gasteiger partial charge in [-0.05, 0) is 31.5 Å². The highest BCUT2D eigenvalue weighted by molar-refractivity contribution is 6.36. The molecule has 0 radical (unpaired) electrons. The molecule has 2 rings (SSSR count). The quantitative estimate of drug-likeness (QED) is 0.680. The minimum atomic E-state index is -0.346. The first-order valence-corrected chi connectivity index (χ1v) is 8.61. The van der Waals surface area contributed by atoms with Crippen molar-refractivity contribution in [3.8, 4) is 0 Å². The number of hydrogen-bond acceptors (Lipinski definition) is 4. The Morgan fingerprint density at radius 2 is 1.96 bits per heavy atom. The summed E-state index contributed by atoms with van der Waals surface area (Å²) < 4.78 is 0. The van der Waals surface area contributed by atoms with Gasteiger partial charge >= 0.3 is 0 Å². The van der Waals surface area contributed by atoms with Crippen molar-refractivity contribution in [1.29, 1.82) is 0 Å². The Morgan fingerprint density at radius 1 is 1.17 bits per heavy atom. The number of nitrogens with zero attached hydrogens (tertiary/aromatic N) is 2. The Kier molecular flexibility index (Phi) is 6.82. The molecule has 0 aliphatic carbocycles. The summed E-state index contributed by atoms with van der Waals surface area (Å²) in [5.41, 5.74) is 0.770. The number of halogens is 2. The molecule has 1 aromatic carbocycles. The fourth-order valence-electron chi connectivity index (χ4n) is 2.14. The maximum atomic E-state index is 12.4. The van der Waals surface area contributed by atoms with Gasteiger partial charge in [0.15, 0.2) is 0 Å². The van der Waals surface area contributed by atoms with Crippen molar-refractivity contribution in [3.63, 3.8) is 0 Å². The summed E-state index contributed by atoms with van der Waals surface area (Å²) in [7, 11) is 0. The Balaban J connectivity index is 2.09. The molecule has 0 unspecified atom stereocenters. The van der Waals surface area contributed by atoms with Crippen LogP contribution in [0.5, 0.6) is 0 Å². The van der Waals surface area contributed by atoms with Crippen LogP contribution >= 0.6 is 23.2 Å². The average molecular weight is 367 g/mol. The molecular weight excluding hydrogens is 347 g/mol. The van der Waals surface area contributed by atoms with Crippen LogP contribution in [0.3, 0.4) is 0 Å². The summed E-state index contributed by atoms with van der Waals surface area (Å²) >= 11 is 11.9. The number of nitrogens with one attached hydrogen (secondary N) is 2. The van der Waals surface area contributed by atoms with E-state index in [2.05, 4.69) is 27.5 Å². The van der Waals surface area contributed by atoms with Crippen LogP contribution in [0.4, 0.5) is 11.5 Å². The lowest BCUT2D eigenvalue weighted by molar-refractivity contribution is 0.102. The summed E-state index contributed by atoms with van der Waals surface area (Å²) in [6, 6.07) is 6.53. The van der Waals surface area contributed by atoms with E-state index < -0.39 is 0 Å². The van der Waals surface area contributed by atoms with Gasteiger partial charge < -0.3 is 10.6 Å². The van der Waals surface area contributed by atoms with Gasteiger partial charge in [0.1, 0.15) is 17.3 Å². The molecule has 0 saturated heterocycles. The van der Waals surface area contributed by atoms with E-state index in [-0.39, 0.29) is 11.6 Å². The van der Waals surface area contributed by atoms with Crippen molar-refractivity contribution in [2.24, 2.45) is 0 Å². The lowest BCUT2D eigenvalue weighted by atomic mass is 10.2. The molecule has 0 spiro atoms. The second kappa shape index (κ2) is 8.85. The van der Waals surface area contributed by atoms with Crippen LogP contribution in [-0.4, -0.2) is 22.4 Å². The number of carbonyl (C=O) groups excluding carboxylic acids is 1. The molecule has 1 amide bonds. The number of hydrogen-bond donors (Lipinski definition) is 2. The number of amides is 1. The van der Waals surface area contributed by atoms with E-state index in [0.29, 0.717) is 27.4 Å². The third-order valence-corrected chi connectivity index (χ3v) is 3.88. The van der Waals surface area contributed by atoms with Crippen LogP contribution in [0.15, 0.2) is 24.3 Å². The van der Waals surface area contributed by atoms with Gasteiger partial charge in [0.2, 0.25) is 0 Å². The minimum absolute atomic E-state index is 0.284. The largest absolute Gasteiger partial charge is 0.370 e. The molecule has 0 fully saturated rings. The van der Waals surface area contributed by atoms with Crippen LogP contribution in [0.1, 0.15) is 42.5 Å². The SMILES string of the molecule is CCCCCNc1cc(C(=O)Nc2ccc(Cl)cc2Cl)nc(C)n1. The van der Waals surface area contributed by atoms with E-state index in [1.54, 1.807) is 31.2 Å². The summed E-state index contributed by atoms with van der Waals surface area (Å²) in [5, 5.41) is 6.84. The van der Waals surface area contributed by atoms with E-state index in [4.69, 9.17) is 23.2 Å². The smallest absolute Gasteiger partial charge is 0.274 e. The summed E-state index contributed by atoms with van der Waals surface area (Å²) in [6.07, 6.45) is 3.36. The summed E-state index contributed by atoms with van der Waals surface area (Å²) in [5.74, 6) is 0.829. The van der Waals surface area contributed by atoms with Gasteiger partial charge in [-0.1, -0.05) is 43.0 Å². The number of anilines is 2. The zero-order chi connectivity index (χ0) is 17.5. The van der Waals surface area contributed by atoms with Crippen molar-refractivity contribution in [1.82, 2.24) is 9.97 Å². The van der Waals surface area contributed by atoms with Crippen LogP contribution in [-0.2, 0) is 0 Å². The molecule has 0 aliphatic heterocycles. The second-order valence-corrected chi connectivity index (χ2v) is 6.24. The third-order valence-electron chi connectivity index (χ3n) is 3.34. The zero-order valence-electron chi connectivity index (χ0n) is 13.7. The van der Waals surface area contributed by atoms with Gasteiger partial charge in [-0.2, -0.15) is 0 Å². The number of carbonyl (C=O) groups is 1. The van der Waals surface area contributed by atoms with Gasteiger partial charge in [-0.3, -0.25) is 4.79 Å². The van der Waals surface area contributed by atoms with Crippen LogP contribution in [0, 0.1) is 6.92 Å². The monoisotopic (exact) mass is 366 g/mol. The number of aryl methyl sites for hydroxylation is 1. The van der Waals surface area contributed by atoms with E-state index in [1.165, 1.54) is 0 Å². The topological polar surface area (TPSA) is 66.9 Å². The number of benzene rings is 1. The van der Waals surface area contributed by atoms with Crippen LogP contribution < -0.4 is 10.6 Å². The fourth-order valence-corrected chi connectivity index (χ4v) is 2.60. The normalized spacial score (nSPS) is 10.5. The second-order valence-electron chi connectivity index (χ2n) is 5.40. The predicted molar refractivity (Wildman–Crippen MR) is 99.2 cm³/mol. The van der Waals surface area contributed by atoms with Gasteiger partial charge in [-0.25, -0.2) is 9.97 Å². The number of rotatable bonds is 7. The van der Waals surface area contributed by atoms with Crippen molar-refractivity contribution in [3.05, 3.63) is 45.8 Å². The molecule has 0 atom stereocenters. The molecule has 2 aromatic rings. The molecule has 0 saturated carbocycles. The highest BCUT2D eigenvalue weighted by Gasteiger charge is 2.12. The van der Waals surface area contributed by atoms with E-state index in [1.807, 2.05) is 0 Å². The maximum Gasteiger partial charge on any atom is 0.274 e. The summed E-state index contributed by atoms with van der Waals surface area (Å²) in [6.45, 7) is 4.72. The number of aromatic nitrogens is 2. The fraction of sp³-hybridized carbons (Fsp3) is 0.353. The highest BCUT2D eigenvalue weighted by atomic mass is 35.5. The van der Waals surface area contributed by atoms with Crippen molar-refractivity contribution < 1.29 is 4.79 Å². The van der Waals surface area contributed by atoms with Gasteiger partial charge in [-0.15, -0.1) is 0 Å². The maximum absolute atomic E-state index is 12.4. The first-order valence-electron chi connectivity index (χ1n) is 7.85. The third kappa shape index (κ3) is 5.35. The standard InChI is InChI=1S/C17H20Cl2N4O/c1-3-4-5-8-20-16-10-15(21-11(2)22-16)17(24)23-14-7-6-12(18)9-13(14)19/h6-7,9-10H,3-5,8H2,1-2H3,(H,23,24)(H,20,21,22). The zero-order valence-corrected chi connectivity index (χ0v) is 15.2. The molecule has 128 valence electrons. The number of unbranched alkanes of at least 4 members (excludes halogenated alkanes) is 2. The minimum Gasteiger partial charge on any atom is -0.370 e. The van der Waals surface area contributed by atoms with Crippen molar-refractivity contribution in [2.45, 2.75) is 33.1 Å². The molecule has 1 aromatic heterocycles. The highest BCUT2D eigenvalue weighted by Crippen LogP contribution is 2.25. The first-order chi connectivity index (χ1) is 11.5. The average Bonchev–Trinajstić information content (AvgIpc) is 2.53. The van der Waals surface area contributed by atoms with Crippen molar-refractivity contribution in [2.75, 3.05) is 17.2 Å². The van der Waals surface area contributed by atoms with Crippen LogP contribution in [0.25, 0.3) is 0 Å². The Labute approximate surface area is 151 Å². The predicted octanol–water partition coefficient (Wildman–Crippen LogP) is 4.95. The molecule has 7 heteroatoms. The molecule has 0 bridgehead atoms. The molecule has 24 heavy (non-hydrogen) atoms. The lowest BCUT2D eigenvalue weighted by Gasteiger charge is -2.10. The molecule has 0 aliphatic rings. The Bertz CT molecular complexity index is 722. The van der Waals surface area contributed by atoms with E-state index in [0.717, 1.165) is 25.8 Å². The van der Waals surface area contributed by atoms with Gasteiger partial charge in [0.05, 0.1) is 10.7 Å².